The van der Waals surface area contributed by atoms with Gasteiger partial charge in [0.2, 0.25) is 0 Å². The Labute approximate surface area is 58.2 Å². The zero-order valence-electron chi connectivity index (χ0n) is 2.72. The first-order chi connectivity index (χ1) is 2.56. The quantitative estimate of drug-likeness (QED) is 0.444. The first kappa shape index (κ1) is 7.59. The molecule has 0 aliphatic rings. The molecule has 0 bridgehead atoms. The normalized spacial score (nSPS) is 14.0. The Bertz CT molecular complexity index is 35.3. The molecule has 0 N–H and O–H groups in total. The summed E-state index contributed by atoms with van der Waals surface area (Å²) >= 11 is 21.2. The van der Waals surface area contributed by atoms with E-state index in [4.69, 9.17) is 44.3 Å². The van der Waals surface area contributed by atoms with Crippen LogP contribution in [0.3, 0.4) is 0 Å². The highest BCUT2D eigenvalue weighted by Crippen LogP contribution is 2.18. The Morgan fingerprint density at radius 2 is 1.33 bits per heavy atom. The molecule has 0 aromatic rings. The summed E-state index contributed by atoms with van der Waals surface area (Å²) in [6.45, 7) is 0. The van der Waals surface area contributed by atoms with Crippen molar-refractivity contribution in [1.29, 1.82) is 0 Å². The molecule has 0 unspecified atom stereocenters. The molecule has 0 amide bonds. The fraction of sp³-hybridized carbons (Fsp3) is 0. The SMILES string of the molecule is Cl[SiH2][Si](Cl)(Cl)Cl. The summed E-state index contributed by atoms with van der Waals surface area (Å²) in [7, 11) is -0.840. The van der Waals surface area contributed by atoms with Crippen molar-refractivity contribution in [3.05, 3.63) is 0 Å². The van der Waals surface area contributed by atoms with Crippen LogP contribution in [0.2, 0.25) is 0 Å². The van der Waals surface area contributed by atoms with Crippen molar-refractivity contribution in [2.75, 3.05) is 0 Å². The third kappa shape index (κ3) is 5.59. The second-order valence-corrected chi connectivity index (χ2v) is 20.2. The van der Waals surface area contributed by atoms with Gasteiger partial charge in [0.1, 0.15) is 0 Å². The van der Waals surface area contributed by atoms with E-state index in [9.17, 15) is 0 Å². The van der Waals surface area contributed by atoms with Crippen molar-refractivity contribution >= 4 is 58.2 Å². The molecular formula is H2Cl4Si2. The maximum absolute atomic E-state index is 5.32. The molecule has 0 fully saturated rings. The molecular weight excluding hydrogens is 198 g/mol. The molecule has 0 saturated carbocycles. The molecule has 0 nitrogen and oxygen atoms in total. The van der Waals surface area contributed by atoms with E-state index in [1.165, 1.54) is 0 Å². The predicted octanol–water partition coefficient (Wildman–Crippen LogP) is 1.46. The zero-order valence-corrected chi connectivity index (χ0v) is 8.16. The van der Waals surface area contributed by atoms with Gasteiger partial charge in [-0.3, -0.25) is 0 Å². The Morgan fingerprint density at radius 1 is 1.17 bits per heavy atom. The standard InChI is InChI=1S/Cl4H2Si2/c1-5-6(2,3)4/h5H2. The van der Waals surface area contributed by atoms with E-state index < -0.39 is 13.9 Å². The van der Waals surface area contributed by atoms with Crippen LogP contribution in [-0.2, 0) is 0 Å². The van der Waals surface area contributed by atoms with Gasteiger partial charge in [0.15, 0.2) is 8.35 Å². The second kappa shape index (κ2) is 2.79. The van der Waals surface area contributed by atoms with Crippen LogP contribution in [0.15, 0.2) is 0 Å². The number of hydrogen-bond acceptors (Lipinski definition) is 0. The Morgan fingerprint density at radius 3 is 1.33 bits per heavy atom. The summed E-state index contributed by atoms with van der Waals surface area (Å²) in [5, 5.41) is 0. The first-order valence-corrected chi connectivity index (χ1v) is 10.7. The topological polar surface area (TPSA) is 0 Å². The van der Waals surface area contributed by atoms with Gasteiger partial charge in [-0.25, -0.2) is 0 Å². The van der Waals surface area contributed by atoms with Crippen molar-refractivity contribution in [1.82, 2.24) is 0 Å². The van der Waals surface area contributed by atoms with Crippen molar-refractivity contribution in [2.45, 2.75) is 0 Å². The number of hydrogen-bond donors (Lipinski definition) is 0. The van der Waals surface area contributed by atoms with E-state index in [1.807, 2.05) is 0 Å². The molecule has 0 spiro atoms. The summed E-state index contributed by atoms with van der Waals surface area (Å²) in [6, 6.07) is 0. The third-order valence-electron chi connectivity index (χ3n) is 0.152. The maximum atomic E-state index is 5.32. The van der Waals surface area contributed by atoms with Crippen LogP contribution < -0.4 is 0 Å². The molecule has 6 heteroatoms. The molecule has 6 heavy (non-hydrogen) atoms. The minimum absolute atomic E-state index is 0.840. The van der Waals surface area contributed by atoms with Crippen LogP contribution >= 0.6 is 44.3 Å². The van der Waals surface area contributed by atoms with Crippen LogP contribution in [0.5, 0.6) is 0 Å². The number of rotatable bonds is 1. The van der Waals surface area contributed by atoms with Crippen LogP contribution in [0.1, 0.15) is 0 Å². The van der Waals surface area contributed by atoms with E-state index in [1.54, 1.807) is 0 Å². The summed E-state index contributed by atoms with van der Waals surface area (Å²) in [6.07, 6.45) is 0. The van der Waals surface area contributed by atoms with E-state index in [0.29, 0.717) is 0 Å². The second-order valence-electron chi connectivity index (χ2n) is 0.749. The van der Waals surface area contributed by atoms with E-state index in [-0.39, 0.29) is 0 Å². The highest BCUT2D eigenvalue weighted by Gasteiger charge is 2.22. The molecule has 0 atom stereocenters. The van der Waals surface area contributed by atoms with Gasteiger partial charge in [-0.05, 0) is 0 Å². The minimum Gasteiger partial charge on any atom is -0.175 e. The lowest BCUT2D eigenvalue weighted by Crippen LogP contribution is -2.15. The fourth-order valence-electron chi connectivity index (χ4n) is 0. The number of halogens is 4. The summed E-state index contributed by atoms with van der Waals surface area (Å²) in [5.74, 6) is 0. The van der Waals surface area contributed by atoms with Gasteiger partial charge in [0.25, 0.3) is 0 Å². The van der Waals surface area contributed by atoms with Gasteiger partial charge in [0, 0.05) is 0 Å². The lowest BCUT2D eigenvalue weighted by atomic mass is 26.8. The van der Waals surface area contributed by atoms with Crippen LogP contribution in [0.4, 0.5) is 0 Å². The molecule has 0 rings (SSSR count). The molecule has 0 saturated heterocycles. The third-order valence-corrected chi connectivity index (χ3v) is 12.3. The molecule has 38 valence electrons. The van der Waals surface area contributed by atoms with Crippen molar-refractivity contribution in [3.8, 4) is 0 Å². The van der Waals surface area contributed by atoms with Gasteiger partial charge in [-0.15, -0.1) is 33.2 Å². The van der Waals surface area contributed by atoms with Gasteiger partial charge < -0.3 is 0 Å². The van der Waals surface area contributed by atoms with Gasteiger partial charge >= 0.3 is 5.52 Å². The average Bonchev–Trinajstić information content (AvgIpc) is 1.35. The molecule has 0 aromatic carbocycles. The lowest BCUT2D eigenvalue weighted by Gasteiger charge is -1.95. The first-order valence-electron chi connectivity index (χ1n) is 1.19. The lowest BCUT2D eigenvalue weighted by molar-refractivity contribution is 3.72. The van der Waals surface area contributed by atoms with Crippen LogP contribution in [0, 0.1) is 0 Å². The van der Waals surface area contributed by atoms with Gasteiger partial charge in [0.05, 0.1) is 0 Å². The van der Waals surface area contributed by atoms with Crippen LogP contribution in [-0.4, -0.2) is 13.9 Å². The Balaban J connectivity index is 3.17. The fourth-order valence-corrected chi connectivity index (χ4v) is 0. The van der Waals surface area contributed by atoms with Crippen molar-refractivity contribution in [3.63, 3.8) is 0 Å². The molecule has 0 aromatic heterocycles. The smallest absolute Gasteiger partial charge is 0.175 e. The van der Waals surface area contributed by atoms with Crippen molar-refractivity contribution in [2.24, 2.45) is 0 Å². The molecule has 0 aliphatic heterocycles. The van der Waals surface area contributed by atoms with Gasteiger partial charge in [-0.2, -0.15) is 11.1 Å². The van der Waals surface area contributed by atoms with Gasteiger partial charge in [-0.1, -0.05) is 0 Å². The Hall–Kier alpha value is 1.59. The highest BCUT2D eigenvalue weighted by atomic mass is 35.9. The molecule has 0 heterocycles. The molecule has 0 aliphatic carbocycles. The van der Waals surface area contributed by atoms with E-state index >= 15 is 0 Å². The predicted molar refractivity (Wildman–Crippen MR) is 37.7 cm³/mol. The summed E-state index contributed by atoms with van der Waals surface area (Å²) in [5.41, 5.74) is -2.31. The maximum Gasteiger partial charge on any atom is 0.334 e. The van der Waals surface area contributed by atoms with E-state index in [2.05, 4.69) is 0 Å². The molecule has 0 radical (unpaired) electrons. The minimum atomic E-state index is -2.31. The van der Waals surface area contributed by atoms with E-state index in [0.717, 1.165) is 0 Å². The van der Waals surface area contributed by atoms with Crippen LogP contribution in [0.25, 0.3) is 0 Å². The summed E-state index contributed by atoms with van der Waals surface area (Å²) < 4.78 is 0. The zero-order chi connectivity index (χ0) is 5.21. The Kier molecular flexibility index (Phi) is 3.54. The average molecular weight is 200 g/mol. The highest BCUT2D eigenvalue weighted by molar-refractivity contribution is 7.87. The van der Waals surface area contributed by atoms with Crippen molar-refractivity contribution < 1.29 is 0 Å². The monoisotopic (exact) mass is 198 g/mol. The summed E-state index contributed by atoms with van der Waals surface area (Å²) in [4.78, 5) is 0. The largest absolute Gasteiger partial charge is 0.334 e.